The minimum Gasteiger partial charge on any atom is -0.344 e. The van der Waals surface area contributed by atoms with Crippen LogP contribution >= 0.6 is 8.30 Å². The van der Waals surface area contributed by atoms with Gasteiger partial charge < -0.3 is 4.52 Å². The maximum atomic E-state index is 5.97. The van der Waals surface area contributed by atoms with Gasteiger partial charge in [-0.25, -0.2) is 0 Å². The Bertz CT molecular complexity index is 154. The van der Waals surface area contributed by atoms with Crippen molar-refractivity contribution in [2.75, 3.05) is 13.3 Å². The van der Waals surface area contributed by atoms with E-state index in [-0.39, 0.29) is 0 Å². The molecule has 0 bridgehead atoms. The van der Waals surface area contributed by atoms with Crippen LogP contribution in [0.4, 0.5) is 0 Å². The predicted octanol–water partition coefficient (Wildman–Crippen LogP) is 4.11. The number of nitrogens with zero attached hydrogens (tertiary/aromatic N) is 1. The molecule has 0 amide bonds. The van der Waals surface area contributed by atoms with E-state index >= 15 is 0 Å². The van der Waals surface area contributed by atoms with Crippen LogP contribution in [-0.2, 0) is 4.52 Å². The van der Waals surface area contributed by atoms with Gasteiger partial charge in [0.2, 0.25) is 0 Å². The molecule has 2 atom stereocenters. The Hall–Kier alpha value is 0.350. The second-order valence-corrected chi connectivity index (χ2v) is 6.49. The summed E-state index contributed by atoms with van der Waals surface area (Å²) in [4.78, 5) is 0. The van der Waals surface area contributed by atoms with E-state index in [9.17, 15) is 0 Å². The summed E-state index contributed by atoms with van der Waals surface area (Å²) in [6.45, 7) is 16.5. The highest BCUT2D eigenvalue weighted by atomic mass is 31.2. The third-order valence-corrected chi connectivity index (χ3v) is 4.72. The van der Waals surface area contributed by atoms with Crippen LogP contribution in [0.15, 0.2) is 0 Å². The Morgan fingerprint density at radius 1 is 1.07 bits per heavy atom. The van der Waals surface area contributed by atoms with E-state index in [1.165, 1.54) is 6.42 Å². The van der Waals surface area contributed by atoms with Crippen LogP contribution in [0.5, 0.6) is 0 Å². The smallest absolute Gasteiger partial charge is 0.101 e. The topological polar surface area (TPSA) is 12.5 Å². The van der Waals surface area contributed by atoms with E-state index in [1.807, 2.05) is 0 Å². The van der Waals surface area contributed by atoms with Crippen molar-refractivity contribution >= 4 is 8.30 Å². The zero-order valence-corrected chi connectivity index (χ0v) is 12.3. The molecule has 0 aliphatic carbocycles. The zero-order chi connectivity index (χ0) is 12.0. The number of hydrogen-bond acceptors (Lipinski definition) is 2. The van der Waals surface area contributed by atoms with Gasteiger partial charge in [-0.15, -0.1) is 0 Å². The summed E-state index contributed by atoms with van der Waals surface area (Å²) in [5.74, 6) is 0.677. The lowest BCUT2D eigenvalue weighted by atomic mass is 10.1. The lowest BCUT2D eigenvalue weighted by Crippen LogP contribution is -2.32. The Morgan fingerprint density at radius 2 is 1.53 bits per heavy atom. The van der Waals surface area contributed by atoms with E-state index in [0.717, 1.165) is 6.61 Å². The van der Waals surface area contributed by atoms with Gasteiger partial charge in [-0.1, -0.05) is 20.3 Å². The highest BCUT2D eigenvalue weighted by molar-refractivity contribution is 7.49. The van der Waals surface area contributed by atoms with Crippen LogP contribution < -0.4 is 0 Å². The predicted molar refractivity (Wildman–Crippen MR) is 70.4 cm³/mol. The normalized spacial score (nSPS) is 16.4. The van der Waals surface area contributed by atoms with Crippen LogP contribution in [0.3, 0.4) is 0 Å². The molecule has 0 heterocycles. The van der Waals surface area contributed by atoms with Crippen molar-refractivity contribution in [3.63, 3.8) is 0 Å². The highest BCUT2D eigenvalue weighted by Gasteiger charge is 2.21. The Labute approximate surface area is 97.3 Å². The molecule has 0 fully saturated rings. The first kappa shape index (κ1) is 15.3. The molecule has 0 spiro atoms. The fraction of sp³-hybridized carbons (Fsp3) is 1.00. The summed E-state index contributed by atoms with van der Waals surface area (Å²) in [6, 6.07) is 1.14. The second kappa shape index (κ2) is 7.60. The Kier molecular flexibility index (Phi) is 7.77. The average Bonchev–Trinajstić information content (AvgIpc) is 2.12. The van der Waals surface area contributed by atoms with Gasteiger partial charge in [0, 0.05) is 12.1 Å². The lowest BCUT2D eigenvalue weighted by Gasteiger charge is -2.35. The van der Waals surface area contributed by atoms with E-state index < -0.39 is 8.30 Å². The molecule has 1 unspecified atom stereocenters. The summed E-state index contributed by atoms with van der Waals surface area (Å²) in [5.41, 5.74) is 0. The zero-order valence-electron chi connectivity index (χ0n) is 11.4. The maximum Gasteiger partial charge on any atom is 0.101 e. The first-order valence-electron chi connectivity index (χ1n) is 6.05. The molecule has 0 aliphatic rings. The average molecular weight is 233 g/mol. The molecular formula is C12H28NOP. The fourth-order valence-corrected chi connectivity index (χ4v) is 3.57. The quantitative estimate of drug-likeness (QED) is 0.613. The van der Waals surface area contributed by atoms with Crippen molar-refractivity contribution < 1.29 is 4.52 Å². The van der Waals surface area contributed by atoms with Gasteiger partial charge >= 0.3 is 0 Å². The first-order chi connectivity index (χ1) is 6.90. The fourth-order valence-electron chi connectivity index (χ4n) is 1.67. The molecule has 0 aromatic rings. The Morgan fingerprint density at radius 3 is 1.87 bits per heavy atom. The van der Waals surface area contributed by atoms with Crippen LogP contribution in [0, 0.1) is 5.92 Å². The molecule has 92 valence electrons. The lowest BCUT2D eigenvalue weighted by molar-refractivity contribution is 0.228. The molecule has 0 saturated carbocycles. The summed E-state index contributed by atoms with van der Waals surface area (Å²) in [7, 11) is -0.428. The minimum absolute atomic E-state index is 0.428. The van der Waals surface area contributed by atoms with Gasteiger partial charge in [-0.05, 0) is 40.3 Å². The molecule has 3 heteroatoms. The molecule has 0 aliphatic heterocycles. The second-order valence-electron chi connectivity index (χ2n) is 4.84. The van der Waals surface area contributed by atoms with Crippen LogP contribution in [0.25, 0.3) is 0 Å². The van der Waals surface area contributed by atoms with Crippen LogP contribution in [0.1, 0.15) is 48.0 Å². The summed E-state index contributed by atoms with van der Waals surface area (Å²) < 4.78 is 8.44. The van der Waals surface area contributed by atoms with Gasteiger partial charge in [0.25, 0.3) is 0 Å². The van der Waals surface area contributed by atoms with Gasteiger partial charge in [0.15, 0.2) is 0 Å². The highest BCUT2D eigenvalue weighted by Crippen LogP contribution is 2.41. The summed E-state index contributed by atoms with van der Waals surface area (Å²) in [6.07, 6.45) is 1.20. The molecule has 0 rings (SSSR count). The monoisotopic (exact) mass is 233 g/mol. The van der Waals surface area contributed by atoms with Crippen LogP contribution in [-0.4, -0.2) is 30.0 Å². The Balaban J connectivity index is 4.09. The molecular weight excluding hydrogens is 205 g/mol. The summed E-state index contributed by atoms with van der Waals surface area (Å²) >= 11 is 0. The van der Waals surface area contributed by atoms with Crippen molar-refractivity contribution in [2.24, 2.45) is 5.92 Å². The van der Waals surface area contributed by atoms with Crippen molar-refractivity contribution in [3.8, 4) is 0 Å². The van der Waals surface area contributed by atoms with Crippen molar-refractivity contribution in [1.82, 2.24) is 4.67 Å². The van der Waals surface area contributed by atoms with Crippen molar-refractivity contribution in [1.29, 1.82) is 0 Å². The van der Waals surface area contributed by atoms with Gasteiger partial charge in [-0.2, -0.15) is 0 Å². The molecule has 0 radical (unpaired) electrons. The SMILES string of the molecule is CC[C@@H](C)COP(C)N(C(C)C)C(C)C. The standard InChI is InChI=1S/C12H28NOP/c1-8-12(6)9-14-15(7)13(10(2)3)11(4)5/h10-12H,8-9H2,1-7H3/t12-,15?/m1/s1. The molecule has 15 heavy (non-hydrogen) atoms. The molecule has 0 saturated heterocycles. The van der Waals surface area contributed by atoms with Gasteiger partial charge in [0.1, 0.15) is 8.30 Å². The minimum atomic E-state index is -0.428. The van der Waals surface area contributed by atoms with E-state index in [0.29, 0.717) is 18.0 Å². The van der Waals surface area contributed by atoms with Gasteiger partial charge in [-0.3, -0.25) is 4.67 Å². The third kappa shape index (κ3) is 5.85. The maximum absolute atomic E-state index is 5.97. The third-order valence-electron chi connectivity index (χ3n) is 2.63. The largest absolute Gasteiger partial charge is 0.344 e. The van der Waals surface area contributed by atoms with E-state index in [4.69, 9.17) is 4.52 Å². The molecule has 2 nitrogen and oxygen atoms in total. The molecule has 0 aromatic carbocycles. The number of rotatable bonds is 7. The van der Waals surface area contributed by atoms with Gasteiger partial charge in [0.05, 0.1) is 6.61 Å². The van der Waals surface area contributed by atoms with Crippen LogP contribution in [0.2, 0.25) is 0 Å². The van der Waals surface area contributed by atoms with Crippen molar-refractivity contribution in [2.45, 2.75) is 60.0 Å². The van der Waals surface area contributed by atoms with Crippen molar-refractivity contribution in [3.05, 3.63) is 0 Å². The first-order valence-corrected chi connectivity index (χ1v) is 7.70. The van der Waals surface area contributed by atoms with E-state index in [1.54, 1.807) is 0 Å². The molecule has 0 aromatic heterocycles. The van der Waals surface area contributed by atoms with E-state index in [2.05, 4.69) is 52.9 Å². The summed E-state index contributed by atoms with van der Waals surface area (Å²) in [5, 5.41) is 0. The number of hydrogen-bond donors (Lipinski definition) is 0. The molecule has 0 N–H and O–H groups in total.